The molecule has 0 bridgehead atoms. The Morgan fingerprint density at radius 2 is 1.72 bits per heavy atom. The van der Waals surface area contributed by atoms with E-state index in [-0.39, 0.29) is 29.9 Å². The van der Waals surface area contributed by atoms with Crippen molar-refractivity contribution in [2.24, 2.45) is 0 Å². The number of sulfonamides is 1. The fourth-order valence-electron chi connectivity index (χ4n) is 2.39. The molecule has 2 rings (SSSR count). The van der Waals surface area contributed by atoms with Gasteiger partial charge in [-0.05, 0) is 36.8 Å². The Hall–Kier alpha value is -1.70. The molecule has 0 aliphatic heterocycles. The number of rotatable bonds is 7. The maximum Gasteiger partial charge on any atom is 0.243 e. The highest BCUT2D eigenvalue weighted by Gasteiger charge is 2.25. The number of hydrogen-bond donors (Lipinski definition) is 1. The number of carbonyl (C=O) groups excluding carboxylic acids is 1. The molecule has 7 heteroatoms. The number of benzene rings is 2. The van der Waals surface area contributed by atoms with Crippen LogP contribution in [-0.2, 0) is 14.8 Å². The van der Waals surface area contributed by atoms with Crippen LogP contribution in [0.4, 0.5) is 0 Å². The number of nitrogens with one attached hydrogen (secondary N) is 1. The Kier molecular flexibility index (Phi) is 6.75. The molecule has 0 fully saturated rings. The molecule has 0 aromatic heterocycles. The van der Waals surface area contributed by atoms with Crippen molar-refractivity contribution in [3.63, 3.8) is 0 Å². The molecule has 25 heavy (non-hydrogen) atoms. The van der Waals surface area contributed by atoms with Crippen molar-refractivity contribution in [1.82, 2.24) is 9.62 Å². The monoisotopic (exact) mass is 424 g/mol. The Morgan fingerprint density at radius 3 is 2.28 bits per heavy atom. The minimum Gasteiger partial charge on any atom is -0.348 e. The van der Waals surface area contributed by atoms with Crippen LogP contribution >= 0.6 is 15.9 Å². The number of likely N-dealkylation sites (N-methyl/N-ethyl adjacent to an activating group) is 1. The number of carbonyl (C=O) groups is 1. The lowest BCUT2D eigenvalue weighted by Crippen LogP contribution is -2.41. The Bertz CT molecular complexity index is 808. The highest BCUT2D eigenvalue weighted by Crippen LogP contribution is 2.19. The average Bonchev–Trinajstić information content (AvgIpc) is 2.60. The van der Waals surface area contributed by atoms with Crippen LogP contribution in [0.2, 0.25) is 0 Å². The van der Waals surface area contributed by atoms with Gasteiger partial charge in [0.2, 0.25) is 15.9 Å². The summed E-state index contributed by atoms with van der Waals surface area (Å²) in [5, 5.41) is 2.84. The van der Waals surface area contributed by atoms with Gasteiger partial charge in [0.15, 0.2) is 0 Å². The molecule has 2 aromatic carbocycles. The van der Waals surface area contributed by atoms with E-state index in [1.54, 1.807) is 19.1 Å². The SMILES string of the molecule is CCN(CC(=O)N[C@H](C)c1ccccc1)S(=O)(=O)c1ccc(Br)cc1. The molecule has 134 valence electrons. The lowest BCUT2D eigenvalue weighted by Gasteiger charge is -2.21. The molecule has 0 spiro atoms. The highest BCUT2D eigenvalue weighted by molar-refractivity contribution is 9.10. The minimum atomic E-state index is -3.71. The van der Waals surface area contributed by atoms with Gasteiger partial charge in [-0.1, -0.05) is 53.2 Å². The van der Waals surface area contributed by atoms with Crippen LogP contribution in [0.25, 0.3) is 0 Å². The zero-order valence-electron chi connectivity index (χ0n) is 14.1. The Labute approximate surface area is 157 Å². The summed E-state index contributed by atoms with van der Waals surface area (Å²) in [6.45, 7) is 3.58. The van der Waals surface area contributed by atoms with Gasteiger partial charge in [0, 0.05) is 11.0 Å². The molecule has 1 atom stereocenters. The van der Waals surface area contributed by atoms with Gasteiger partial charge in [0.1, 0.15) is 0 Å². The van der Waals surface area contributed by atoms with E-state index < -0.39 is 10.0 Å². The predicted octanol–water partition coefficient (Wildman–Crippen LogP) is 3.34. The lowest BCUT2D eigenvalue weighted by molar-refractivity contribution is -0.121. The highest BCUT2D eigenvalue weighted by atomic mass is 79.9. The van der Waals surface area contributed by atoms with Crippen LogP contribution in [-0.4, -0.2) is 31.7 Å². The number of amides is 1. The first kappa shape index (κ1) is 19.6. The second-order valence-corrected chi connectivity index (χ2v) is 8.44. The fraction of sp³-hybridized carbons (Fsp3) is 0.278. The summed E-state index contributed by atoms with van der Waals surface area (Å²) in [5.41, 5.74) is 0.967. The van der Waals surface area contributed by atoms with Crippen molar-refractivity contribution in [2.75, 3.05) is 13.1 Å². The van der Waals surface area contributed by atoms with Gasteiger partial charge in [-0.2, -0.15) is 4.31 Å². The topological polar surface area (TPSA) is 66.5 Å². The Balaban J connectivity index is 2.08. The van der Waals surface area contributed by atoms with Crippen LogP contribution in [0.1, 0.15) is 25.5 Å². The minimum absolute atomic E-state index is 0.168. The van der Waals surface area contributed by atoms with Crippen molar-refractivity contribution in [1.29, 1.82) is 0 Å². The summed E-state index contributed by atoms with van der Waals surface area (Å²) in [6.07, 6.45) is 0. The molecule has 2 aromatic rings. The predicted molar refractivity (Wildman–Crippen MR) is 102 cm³/mol. The van der Waals surface area contributed by atoms with Gasteiger partial charge < -0.3 is 5.32 Å². The van der Waals surface area contributed by atoms with E-state index in [0.717, 1.165) is 10.0 Å². The normalized spacial score (nSPS) is 12.8. The third-order valence-electron chi connectivity index (χ3n) is 3.80. The summed E-state index contributed by atoms with van der Waals surface area (Å²) >= 11 is 3.28. The second kappa shape index (κ2) is 8.60. The standard InChI is InChI=1S/C18H21BrN2O3S/c1-3-21(25(23,24)17-11-9-16(19)10-12-17)13-18(22)20-14(2)15-7-5-4-6-8-15/h4-12,14H,3,13H2,1-2H3,(H,20,22)/t14-/m1/s1. The molecule has 0 unspecified atom stereocenters. The number of hydrogen-bond acceptors (Lipinski definition) is 3. The third kappa shape index (κ3) is 5.14. The maximum atomic E-state index is 12.7. The van der Waals surface area contributed by atoms with Gasteiger partial charge in [-0.3, -0.25) is 4.79 Å². The molecule has 0 aliphatic carbocycles. The molecule has 5 nitrogen and oxygen atoms in total. The Morgan fingerprint density at radius 1 is 1.12 bits per heavy atom. The van der Waals surface area contributed by atoms with Crippen LogP contribution in [0.15, 0.2) is 64.0 Å². The van der Waals surface area contributed by atoms with E-state index in [4.69, 9.17) is 0 Å². The molecule has 0 aliphatic rings. The van der Waals surface area contributed by atoms with Gasteiger partial charge in [-0.25, -0.2) is 8.42 Å². The molecule has 0 saturated carbocycles. The van der Waals surface area contributed by atoms with Crippen LogP contribution < -0.4 is 5.32 Å². The number of nitrogens with zero attached hydrogens (tertiary/aromatic N) is 1. The van der Waals surface area contributed by atoms with Gasteiger partial charge in [0.25, 0.3) is 0 Å². The van der Waals surface area contributed by atoms with Crippen molar-refractivity contribution < 1.29 is 13.2 Å². The van der Waals surface area contributed by atoms with Crippen LogP contribution in [0, 0.1) is 0 Å². The maximum absolute atomic E-state index is 12.7. The second-order valence-electron chi connectivity index (χ2n) is 5.59. The first-order chi connectivity index (χ1) is 11.8. The molecular weight excluding hydrogens is 404 g/mol. The van der Waals surface area contributed by atoms with Gasteiger partial charge in [-0.15, -0.1) is 0 Å². The van der Waals surface area contributed by atoms with Gasteiger partial charge >= 0.3 is 0 Å². The summed E-state index contributed by atoms with van der Waals surface area (Å²) in [5.74, 6) is -0.334. The molecule has 0 radical (unpaired) electrons. The summed E-state index contributed by atoms with van der Waals surface area (Å²) < 4.78 is 27.4. The van der Waals surface area contributed by atoms with Crippen molar-refractivity contribution >= 4 is 31.9 Å². The van der Waals surface area contributed by atoms with Crippen LogP contribution in [0.5, 0.6) is 0 Å². The number of halogens is 1. The van der Waals surface area contributed by atoms with Crippen LogP contribution in [0.3, 0.4) is 0 Å². The summed E-state index contributed by atoms with van der Waals surface area (Å²) in [4.78, 5) is 12.5. The molecule has 0 heterocycles. The summed E-state index contributed by atoms with van der Waals surface area (Å²) in [7, 11) is -3.71. The first-order valence-electron chi connectivity index (χ1n) is 7.94. The molecule has 0 saturated heterocycles. The van der Waals surface area contributed by atoms with E-state index in [1.807, 2.05) is 37.3 Å². The lowest BCUT2D eigenvalue weighted by atomic mass is 10.1. The quantitative estimate of drug-likeness (QED) is 0.740. The van der Waals surface area contributed by atoms with E-state index in [1.165, 1.54) is 16.4 Å². The molecular formula is C18H21BrN2O3S. The first-order valence-corrected chi connectivity index (χ1v) is 10.2. The molecule has 1 amide bonds. The van der Waals surface area contributed by atoms with E-state index >= 15 is 0 Å². The fourth-order valence-corrected chi connectivity index (χ4v) is 4.06. The third-order valence-corrected chi connectivity index (χ3v) is 6.26. The largest absolute Gasteiger partial charge is 0.348 e. The van der Waals surface area contributed by atoms with E-state index in [2.05, 4.69) is 21.2 Å². The van der Waals surface area contributed by atoms with Crippen molar-refractivity contribution in [3.05, 3.63) is 64.6 Å². The van der Waals surface area contributed by atoms with Crippen molar-refractivity contribution in [3.8, 4) is 0 Å². The smallest absolute Gasteiger partial charge is 0.243 e. The van der Waals surface area contributed by atoms with E-state index in [0.29, 0.717) is 0 Å². The van der Waals surface area contributed by atoms with Gasteiger partial charge in [0.05, 0.1) is 17.5 Å². The van der Waals surface area contributed by atoms with E-state index in [9.17, 15) is 13.2 Å². The summed E-state index contributed by atoms with van der Waals surface area (Å²) in [6, 6.07) is 15.7. The zero-order chi connectivity index (χ0) is 18.4. The zero-order valence-corrected chi connectivity index (χ0v) is 16.5. The van der Waals surface area contributed by atoms with Crippen molar-refractivity contribution in [2.45, 2.75) is 24.8 Å². The average molecular weight is 425 g/mol. The molecule has 1 N–H and O–H groups in total.